The van der Waals surface area contributed by atoms with E-state index in [4.69, 9.17) is 15.0 Å². The third-order valence-electron chi connectivity index (χ3n) is 7.50. The van der Waals surface area contributed by atoms with E-state index in [1.165, 1.54) is 20.9 Å². The molecule has 0 aliphatic rings. The zero-order chi connectivity index (χ0) is 27.2. The molecule has 8 aromatic rings. The van der Waals surface area contributed by atoms with Gasteiger partial charge >= 0.3 is 0 Å². The van der Waals surface area contributed by atoms with Crippen LogP contribution >= 0.6 is 11.3 Å². The Morgan fingerprint density at radius 2 is 1.10 bits per heavy atom. The number of thiazole rings is 1. The van der Waals surface area contributed by atoms with Crippen molar-refractivity contribution in [2.24, 2.45) is 0 Å². The van der Waals surface area contributed by atoms with Crippen LogP contribution in [0.15, 0.2) is 140 Å². The Hall–Kier alpha value is -5.19. The molecular weight excluding hydrogens is 518 g/mol. The van der Waals surface area contributed by atoms with Gasteiger partial charge in [-0.05, 0) is 34.4 Å². The first-order valence-electron chi connectivity index (χ1n) is 13.6. The lowest BCUT2D eigenvalue weighted by Gasteiger charge is -2.11. The first kappa shape index (κ1) is 23.7. The van der Waals surface area contributed by atoms with Crippen LogP contribution in [0.5, 0.6) is 0 Å². The van der Waals surface area contributed by atoms with Crippen LogP contribution in [0.1, 0.15) is 0 Å². The number of rotatable bonds is 4. The van der Waals surface area contributed by atoms with E-state index in [-0.39, 0.29) is 0 Å². The van der Waals surface area contributed by atoms with Crippen LogP contribution in [0.4, 0.5) is 0 Å². The van der Waals surface area contributed by atoms with Crippen molar-refractivity contribution in [2.45, 2.75) is 0 Å². The normalized spacial score (nSPS) is 11.4. The molecule has 2 heterocycles. The highest BCUT2D eigenvalue weighted by molar-refractivity contribution is 7.22. The van der Waals surface area contributed by atoms with Gasteiger partial charge in [-0.25, -0.2) is 15.0 Å². The van der Waals surface area contributed by atoms with E-state index in [0.29, 0.717) is 5.82 Å². The smallest absolute Gasteiger partial charge is 0.160 e. The lowest BCUT2D eigenvalue weighted by Crippen LogP contribution is -1.96. The minimum Gasteiger partial charge on any atom is -0.236 e. The first-order valence-corrected chi connectivity index (χ1v) is 14.4. The minimum absolute atomic E-state index is 0.710. The van der Waals surface area contributed by atoms with E-state index in [0.717, 1.165) is 49.6 Å². The quantitative estimate of drug-likeness (QED) is 0.222. The largest absolute Gasteiger partial charge is 0.236 e. The number of aromatic nitrogens is 3. The monoisotopic (exact) mass is 541 g/mol. The lowest BCUT2D eigenvalue weighted by atomic mass is 9.99. The van der Waals surface area contributed by atoms with Gasteiger partial charge < -0.3 is 0 Å². The Kier molecular flexibility index (Phi) is 5.64. The average Bonchev–Trinajstić information content (AvgIpc) is 3.49. The number of hydrogen-bond acceptors (Lipinski definition) is 4. The van der Waals surface area contributed by atoms with Gasteiger partial charge in [-0.2, -0.15) is 0 Å². The molecular formula is C37H23N3S. The molecule has 0 saturated heterocycles. The summed E-state index contributed by atoms with van der Waals surface area (Å²) >= 11 is 1.75. The maximum atomic E-state index is 5.16. The molecule has 0 saturated carbocycles. The van der Waals surface area contributed by atoms with Gasteiger partial charge in [0.2, 0.25) is 0 Å². The fourth-order valence-electron chi connectivity index (χ4n) is 5.47. The van der Waals surface area contributed by atoms with Crippen molar-refractivity contribution in [3.05, 3.63) is 140 Å². The van der Waals surface area contributed by atoms with Gasteiger partial charge in [0.1, 0.15) is 5.01 Å². The summed E-state index contributed by atoms with van der Waals surface area (Å²) in [6, 6.07) is 48.4. The molecule has 0 fully saturated rings. The molecule has 0 bridgehead atoms. The van der Waals surface area contributed by atoms with E-state index < -0.39 is 0 Å². The number of benzene rings is 6. The van der Waals surface area contributed by atoms with Gasteiger partial charge in [0.25, 0.3) is 0 Å². The van der Waals surface area contributed by atoms with E-state index in [9.17, 15) is 0 Å². The fraction of sp³-hybridized carbons (Fsp3) is 0. The first-order chi connectivity index (χ1) is 20.3. The van der Waals surface area contributed by atoms with E-state index in [1.54, 1.807) is 11.3 Å². The molecule has 0 aliphatic carbocycles. The highest BCUT2D eigenvalue weighted by Gasteiger charge is 2.17. The second-order valence-corrected chi connectivity index (χ2v) is 11.1. The van der Waals surface area contributed by atoms with Crippen LogP contribution in [-0.4, -0.2) is 15.0 Å². The third kappa shape index (κ3) is 4.26. The maximum Gasteiger partial charge on any atom is 0.160 e. The predicted molar refractivity (Wildman–Crippen MR) is 172 cm³/mol. The van der Waals surface area contributed by atoms with Gasteiger partial charge in [0.05, 0.1) is 21.6 Å². The lowest BCUT2D eigenvalue weighted by molar-refractivity contribution is 1.19. The number of hydrogen-bond donors (Lipinski definition) is 0. The fourth-order valence-corrected chi connectivity index (χ4v) is 6.55. The van der Waals surface area contributed by atoms with Crippen LogP contribution < -0.4 is 0 Å². The Morgan fingerprint density at radius 1 is 0.439 bits per heavy atom. The van der Waals surface area contributed by atoms with Crippen molar-refractivity contribution in [3.63, 3.8) is 0 Å². The predicted octanol–water partition coefficient (Wildman–Crippen LogP) is 10.1. The second-order valence-electron chi connectivity index (χ2n) is 10.1. The standard InChI is InChI=1S/C37H23N3S/c1-3-12-25(13-4-1)32-23-33(39-36(38-32)26-14-5-2-6-15-26)31-22-34-35(30-18-10-9-17-29(30)31)41-37(40-34)28-20-19-24-11-7-8-16-27(24)21-28/h1-23H. The summed E-state index contributed by atoms with van der Waals surface area (Å²) in [6.45, 7) is 0. The summed E-state index contributed by atoms with van der Waals surface area (Å²) in [5.74, 6) is 0.710. The molecule has 0 spiro atoms. The zero-order valence-corrected chi connectivity index (χ0v) is 22.8. The number of fused-ring (bicyclic) bond motifs is 4. The molecule has 0 N–H and O–H groups in total. The summed E-state index contributed by atoms with van der Waals surface area (Å²) in [6.07, 6.45) is 0. The van der Waals surface area contributed by atoms with Crippen LogP contribution in [0, 0.1) is 0 Å². The number of nitrogens with zero attached hydrogens (tertiary/aromatic N) is 3. The highest BCUT2D eigenvalue weighted by atomic mass is 32.1. The van der Waals surface area contributed by atoms with Crippen molar-refractivity contribution in [2.75, 3.05) is 0 Å². The van der Waals surface area contributed by atoms with Gasteiger partial charge in [-0.15, -0.1) is 11.3 Å². The van der Waals surface area contributed by atoms with Crippen LogP contribution in [0.2, 0.25) is 0 Å². The molecule has 6 aromatic carbocycles. The van der Waals surface area contributed by atoms with Crippen molar-refractivity contribution >= 4 is 43.1 Å². The molecule has 0 aliphatic heterocycles. The molecule has 0 unspecified atom stereocenters. The molecule has 0 amide bonds. The summed E-state index contributed by atoms with van der Waals surface area (Å²) < 4.78 is 1.19. The Bertz CT molecular complexity index is 2140. The van der Waals surface area contributed by atoms with E-state index in [2.05, 4.69) is 103 Å². The Balaban J connectivity index is 1.36. The summed E-state index contributed by atoms with van der Waals surface area (Å²) in [5, 5.41) is 5.82. The topological polar surface area (TPSA) is 38.7 Å². The Morgan fingerprint density at radius 3 is 1.90 bits per heavy atom. The molecule has 0 atom stereocenters. The van der Waals surface area contributed by atoms with Crippen molar-refractivity contribution in [1.82, 2.24) is 15.0 Å². The molecule has 0 radical (unpaired) electrons. The summed E-state index contributed by atoms with van der Waals surface area (Å²) in [5.41, 5.74) is 7.00. The van der Waals surface area contributed by atoms with Gasteiger partial charge in [-0.1, -0.05) is 121 Å². The second kappa shape index (κ2) is 9.77. The molecule has 8 rings (SSSR count). The minimum atomic E-state index is 0.710. The van der Waals surface area contributed by atoms with Crippen LogP contribution in [-0.2, 0) is 0 Å². The average molecular weight is 542 g/mol. The van der Waals surface area contributed by atoms with Gasteiger partial charge in [0, 0.05) is 27.6 Å². The highest BCUT2D eigenvalue weighted by Crippen LogP contribution is 2.40. The summed E-state index contributed by atoms with van der Waals surface area (Å²) in [4.78, 5) is 15.3. The molecule has 3 nitrogen and oxygen atoms in total. The summed E-state index contributed by atoms with van der Waals surface area (Å²) in [7, 11) is 0. The van der Waals surface area contributed by atoms with E-state index in [1.807, 2.05) is 36.4 Å². The van der Waals surface area contributed by atoms with Gasteiger partial charge in [-0.3, -0.25) is 0 Å². The molecule has 41 heavy (non-hydrogen) atoms. The molecule has 2 aromatic heterocycles. The van der Waals surface area contributed by atoms with Gasteiger partial charge in [0.15, 0.2) is 5.82 Å². The van der Waals surface area contributed by atoms with Crippen molar-refractivity contribution < 1.29 is 0 Å². The molecule has 4 heteroatoms. The third-order valence-corrected chi connectivity index (χ3v) is 8.65. The van der Waals surface area contributed by atoms with Crippen LogP contribution in [0.3, 0.4) is 0 Å². The van der Waals surface area contributed by atoms with E-state index >= 15 is 0 Å². The van der Waals surface area contributed by atoms with Crippen molar-refractivity contribution in [3.8, 4) is 44.5 Å². The zero-order valence-electron chi connectivity index (χ0n) is 22.0. The Labute approximate surface area is 241 Å². The maximum absolute atomic E-state index is 5.16. The molecule has 192 valence electrons. The van der Waals surface area contributed by atoms with Crippen molar-refractivity contribution in [1.29, 1.82) is 0 Å². The SMILES string of the molecule is c1ccc(-c2cc(-c3cc4nc(-c5ccc6ccccc6c5)sc4c4ccccc34)nc(-c3ccccc3)n2)cc1. The van der Waals surface area contributed by atoms with Crippen LogP contribution in [0.25, 0.3) is 76.2 Å².